The number of piperidine rings is 1. The summed E-state index contributed by atoms with van der Waals surface area (Å²) in [5.41, 5.74) is 0. The average Bonchev–Trinajstić information content (AvgIpc) is 2.40. The fraction of sp³-hybridized carbons (Fsp3) is 0.938. The SMILES string of the molecule is CCCC1CCC(C(=O)N2CCC(C)CC2)CC1. The molecule has 0 aromatic carbocycles. The van der Waals surface area contributed by atoms with Crippen molar-refractivity contribution in [1.82, 2.24) is 4.90 Å². The zero-order valence-corrected chi connectivity index (χ0v) is 12.2. The third-order valence-electron chi connectivity index (χ3n) is 4.99. The van der Waals surface area contributed by atoms with Crippen molar-refractivity contribution in [3.8, 4) is 0 Å². The van der Waals surface area contributed by atoms with E-state index in [0.29, 0.717) is 11.8 Å². The van der Waals surface area contributed by atoms with Crippen molar-refractivity contribution in [2.75, 3.05) is 13.1 Å². The van der Waals surface area contributed by atoms with Crippen LogP contribution in [0.2, 0.25) is 0 Å². The number of carbonyl (C=O) groups excluding carboxylic acids is 1. The van der Waals surface area contributed by atoms with Gasteiger partial charge in [-0.1, -0.05) is 26.7 Å². The molecular weight excluding hydrogens is 222 g/mol. The van der Waals surface area contributed by atoms with E-state index in [1.807, 2.05) is 0 Å². The smallest absolute Gasteiger partial charge is 0.225 e. The van der Waals surface area contributed by atoms with Gasteiger partial charge in [-0.05, 0) is 50.4 Å². The predicted octanol–water partition coefficient (Wildman–Crippen LogP) is 3.85. The van der Waals surface area contributed by atoms with Crippen molar-refractivity contribution >= 4 is 5.91 Å². The van der Waals surface area contributed by atoms with Crippen LogP contribution in [0.25, 0.3) is 0 Å². The minimum Gasteiger partial charge on any atom is -0.342 e. The van der Waals surface area contributed by atoms with Gasteiger partial charge in [0.2, 0.25) is 5.91 Å². The van der Waals surface area contributed by atoms with Gasteiger partial charge in [-0.2, -0.15) is 0 Å². The Morgan fingerprint density at radius 3 is 2.22 bits per heavy atom. The van der Waals surface area contributed by atoms with E-state index in [0.717, 1.165) is 37.8 Å². The molecule has 2 nitrogen and oxygen atoms in total. The summed E-state index contributed by atoms with van der Waals surface area (Å²) in [7, 11) is 0. The van der Waals surface area contributed by atoms with Crippen LogP contribution in [0.4, 0.5) is 0 Å². The molecule has 1 saturated carbocycles. The van der Waals surface area contributed by atoms with Crippen LogP contribution in [0.1, 0.15) is 65.2 Å². The standard InChI is InChI=1S/C16H29NO/c1-3-4-14-5-7-15(8-6-14)16(18)17-11-9-13(2)10-12-17/h13-15H,3-12H2,1-2H3. The maximum Gasteiger partial charge on any atom is 0.225 e. The fourth-order valence-electron chi connectivity index (χ4n) is 3.59. The van der Waals surface area contributed by atoms with Gasteiger partial charge in [0, 0.05) is 19.0 Å². The monoisotopic (exact) mass is 251 g/mol. The lowest BCUT2D eigenvalue weighted by atomic mass is 9.79. The van der Waals surface area contributed by atoms with E-state index in [2.05, 4.69) is 18.7 Å². The summed E-state index contributed by atoms with van der Waals surface area (Å²) in [6.45, 7) is 6.59. The first-order valence-corrected chi connectivity index (χ1v) is 7.99. The summed E-state index contributed by atoms with van der Waals surface area (Å²) in [5.74, 6) is 2.54. The van der Waals surface area contributed by atoms with E-state index >= 15 is 0 Å². The van der Waals surface area contributed by atoms with Crippen LogP contribution in [-0.4, -0.2) is 23.9 Å². The Kier molecular flexibility index (Phi) is 5.08. The van der Waals surface area contributed by atoms with Crippen molar-refractivity contribution in [3.05, 3.63) is 0 Å². The second kappa shape index (κ2) is 6.58. The molecule has 1 saturated heterocycles. The Bertz CT molecular complexity index is 260. The lowest BCUT2D eigenvalue weighted by Crippen LogP contribution is -2.42. The Labute approximate surface area is 112 Å². The highest BCUT2D eigenvalue weighted by Crippen LogP contribution is 2.33. The minimum absolute atomic E-state index is 0.353. The Morgan fingerprint density at radius 1 is 1.06 bits per heavy atom. The molecular formula is C16H29NO. The van der Waals surface area contributed by atoms with Crippen molar-refractivity contribution in [2.24, 2.45) is 17.8 Å². The van der Waals surface area contributed by atoms with E-state index in [-0.39, 0.29) is 0 Å². The molecule has 0 aromatic rings. The van der Waals surface area contributed by atoms with Crippen molar-refractivity contribution in [2.45, 2.75) is 65.2 Å². The highest BCUT2D eigenvalue weighted by Gasteiger charge is 2.30. The number of amides is 1. The quantitative estimate of drug-likeness (QED) is 0.746. The first kappa shape index (κ1) is 13.9. The Hall–Kier alpha value is -0.530. The van der Waals surface area contributed by atoms with Crippen molar-refractivity contribution in [3.63, 3.8) is 0 Å². The lowest BCUT2D eigenvalue weighted by Gasteiger charge is -2.35. The van der Waals surface area contributed by atoms with E-state index in [1.165, 1.54) is 38.5 Å². The third-order valence-corrected chi connectivity index (χ3v) is 4.99. The van der Waals surface area contributed by atoms with E-state index < -0.39 is 0 Å². The number of carbonyl (C=O) groups is 1. The third kappa shape index (κ3) is 3.49. The zero-order valence-electron chi connectivity index (χ0n) is 12.2. The number of nitrogens with zero attached hydrogens (tertiary/aromatic N) is 1. The van der Waals surface area contributed by atoms with Crippen LogP contribution < -0.4 is 0 Å². The zero-order chi connectivity index (χ0) is 13.0. The molecule has 1 amide bonds. The van der Waals surface area contributed by atoms with Crippen LogP contribution in [0.15, 0.2) is 0 Å². The number of likely N-dealkylation sites (tertiary alicyclic amines) is 1. The van der Waals surface area contributed by atoms with Gasteiger partial charge < -0.3 is 4.90 Å². The molecule has 2 heteroatoms. The van der Waals surface area contributed by atoms with Crippen LogP contribution in [0, 0.1) is 17.8 Å². The number of rotatable bonds is 3. The summed E-state index contributed by atoms with van der Waals surface area (Å²) < 4.78 is 0. The molecule has 0 bridgehead atoms. The molecule has 0 unspecified atom stereocenters. The summed E-state index contributed by atoms with van der Waals surface area (Å²) >= 11 is 0. The second-order valence-corrected chi connectivity index (χ2v) is 6.51. The van der Waals surface area contributed by atoms with Gasteiger partial charge in [-0.25, -0.2) is 0 Å². The molecule has 1 aliphatic carbocycles. The summed E-state index contributed by atoms with van der Waals surface area (Å²) in [6.07, 6.45) is 9.94. The molecule has 2 fully saturated rings. The minimum atomic E-state index is 0.353. The van der Waals surface area contributed by atoms with Crippen LogP contribution in [-0.2, 0) is 4.79 Å². The van der Waals surface area contributed by atoms with Crippen LogP contribution in [0.3, 0.4) is 0 Å². The van der Waals surface area contributed by atoms with Crippen LogP contribution >= 0.6 is 0 Å². The summed E-state index contributed by atoms with van der Waals surface area (Å²) in [5, 5.41) is 0. The molecule has 2 aliphatic rings. The van der Waals surface area contributed by atoms with Gasteiger partial charge in [0.1, 0.15) is 0 Å². The summed E-state index contributed by atoms with van der Waals surface area (Å²) in [4.78, 5) is 14.6. The first-order valence-electron chi connectivity index (χ1n) is 7.99. The van der Waals surface area contributed by atoms with Gasteiger partial charge in [0.05, 0.1) is 0 Å². The molecule has 104 valence electrons. The lowest BCUT2D eigenvalue weighted by molar-refractivity contribution is -0.138. The molecule has 0 radical (unpaired) electrons. The topological polar surface area (TPSA) is 20.3 Å². The highest BCUT2D eigenvalue weighted by atomic mass is 16.2. The van der Waals surface area contributed by atoms with Crippen LogP contribution in [0.5, 0.6) is 0 Å². The maximum absolute atomic E-state index is 12.5. The first-order chi connectivity index (χ1) is 8.70. The second-order valence-electron chi connectivity index (χ2n) is 6.51. The van der Waals surface area contributed by atoms with E-state index in [4.69, 9.17) is 0 Å². The van der Waals surface area contributed by atoms with Gasteiger partial charge in [-0.15, -0.1) is 0 Å². The number of hydrogen-bond donors (Lipinski definition) is 0. The molecule has 1 heterocycles. The van der Waals surface area contributed by atoms with E-state index in [1.54, 1.807) is 0 Å². The average molecular weight is 251 g/mol. The number of hydrogen-bond acceptors (Lipinski definition) is 1. The van der Waals surface area contributed by atoms with Gasteiger partial charge >= 0.3 is 0 Å². The molecule has 0 aromatic heterocycles. The van der Waals surface area contributed by atoms with Gasteiger partial charge in [0.15, 0.2) is 0 Å². The molecule has 18 heavy (non-hydrogen) atoms. The molecule has 1 aliphatic heterocycles. The Balaban J connectivity index is 1.77. The normalized spacial score (nSPS) is 30.4. The van der Waals surface area contributed by atoms with Gasteiger partial charge in [0.25, 0.3) is 0 Å². The van der Waals surface area contributed by atoms with Crippen molar-refractivity contribution < 1.29 is 4.79 Å². The molecule has 0 N–H and O–H groups in total. The van der Waals surface area contributed by atoms with Crippen molar-refractivity contribution in [1.29, 1.82) is 0 Å². The van der Waals surface area contributed by atoms with E-state index in [9.17, 15) is 4.79 Å². The molecule has 0 atom stereocenters. The largest absolute Gasteiger partial charge is 0.342 e. The predicted molar refractivity (Wildman–Crippen MR) is 75.3 cm³/mol. The molecule has 0 spiro atoms. The summed E-state index contributed by atoms with van der Waals surface area (Å²) in [6, 6.07) is 0. The Morgan fingerprint density at radius 2 is 1.67 bits per heavy atom. The highest BCUT2D eigenvalue weighted by molar-refractivity contribution is 5.79. The molecule has 2 rings (SSSR count). The maximum atomic E-state index is 12.5. The van der Waals surface area contributed by atoms with Gasteiger partial charge in [-0.3, -0.25) is 4.79 Å². The fourth-order valence-corrected chi connectivity index (χ4v) is 3.59.